The zero-order valence-corrected chi connectivity index (χ0v) is 18.1. The van der Waals surface area contributed by atoms with Crippen molar-refractivity contribution in [1.29, 1.82) is 0 Å². The van der Waals surface area contributed by atoms with Gasteiger partial charge < -0.3 is 9.64 Å². The fraction of sp³-hybridized carbons (Fsp3) is 0.421. The minimum atomic E-state index is -4.85. The molecule has 170 valence electrons. The molecule has 1 amide bonds. The molecule has 2 heterocycles. The number of nitrogens with one attached hydrogen (secondary N) is 1. The molecule has 1 aliphatic heterocycles. The number of sulfonamides is 1. The highest BCUT2D eigenvalue weighted by Crippen LogP contribution is 2.23. The summed E-state index contributed by atoms with van der Waals surface area (Å²) in [7, 11) is -3.95. The van der Waals surface area contributed by atoms with E-state index < -0.39 is 22.1 Å². The molecular formula is C19H22F3N3O4S2. The third kappa shape index (κ3) is 7.20. The van der Waals surface area contributed by atoms with Crippen molar-refractivity contribution in [1.82, 2.24) is 14.5 Å². The Labute approximate surface area is 182 Å². The average molecular weight is 478 g/mol. The number of hydrogen-bond donors (Lipinski definition) is 1. The maximum atomic E-state index is 12.4. The summed E-state index contributed by atoms with van der Waals surface area (Å²) in [6, 6.07) is 5.94. The Morgan fingerprint density at radius 3 is 2.35 bits per heavy atom. The molecule has 31 heavy (non-hydrogen) atoms. The number of halogens is 3. The van der Waals surface area contributed by atoms with Crippen LogP contribution in [0.4, 0.5) is 13.2 Å². The number of carbonyl (C=O) groups is 1. The van der Waals surface area contributed by atoms with Crippen LogP contribution < -0.4 is 9.46 Å². The molecule has 1 N–H and O–H groups in total. The lowest BCUT2D eigenvalue weighted by Crippen LogP contribution is -2.48. The molecule has 3 rings (SSSR count). The monoisotopic (exact) mass is 477 g/mol. The van der Waals surface area contributed by atoms with E-state index in [1.807, 2.05) is 5.38 Å². The molecule has 0 saturated carbocycles. The third-order valence-electron chi connectivity index (χ3n) is 4.71. The van der Waals surface area contributed by atoms with Gasteiger partial charge in [0.2, 0.25) is 15.9 Å². The smallest absolute Gasteiger partial charge is 0.406 e. The number of alkyl halides is 3. The van der Waals surface area contributed by atoms with Crippen molar-refractivity contribution in [2.45, 2.75) is 24.2 Å². The first kappa shape index (κ1) is 23.5. The summed E-state index contributed by atoms with van der Waals surface area (Å²) in [6.07, 6.45) is -4.85. The fourth-order valence-electron chi connectivity index (χ4n) is 3.15. The molecule has 1 fully saturated rings. The van der Waals surface area contributed by atoms with Crippen molar-refractivity contribution >= 4 is 27.3 Å². The van der Waals surface area contributed by atoms with Gasteiger partial charge in [-0.2, -0.15) is 11.3 Å². The summed E-state index contributed by atoms with van der Waals surface area (Å²) in [5.41, 5.74) is 1.25. The van der Waals surface area contributed by atoms with E-state index >= 15 is 0 Å². The van der Waals surface area contributed by atoms with Crippen molar-refractivity contribution in [2.75, 3.05) is 32.7 Å². The molecule has 0 bridgehead atoms. The minimum absolute atomic E-state index is 0.000963. The van der Waals surface area contributed by atoms with Gasteiger partial charge in [0.1, 0.15) is 5.75 Å². The summed E-state index contributed by atoms with van der Waals surface area (Å²) in [5, 5.41) is 4.13. The number of benzene rings is 1. The second kappa shape index (κ2) is 9.98. The topological polar surface area (TPSA) is 78.9 Å². The molecule has 0 aliphatic carbocycles. The second-order valence-corrected chi connectivity index (χ2v) is 9.50. The predicted molar refractivity (Wildman–Crippen MR) is 109 cm³/mol. The van der Waals surface area contributed by atoms with Gasteiger partial charge in [-0.15, -0.1) is 13.2 Å². The van der Waals surface area contributed by atoms with Crippen LogP contribution in [-0.4, -0.2) is 63.2 Å². The van der Waals surface area contributed by atoms with Crippen molar-refractivity contribution in [3.8, 4) is 5.75 Å². The maximum Gasteiger partial charge on any atom is 0.573 e. The van der Waals surface area contributed by atoms with Crippen LogP contribution in [0, 0.1) is 0 Å². The van der Waals surface area contributed by atoms with E-state index in [-0.39, 0.29) is 23.8 Å². The lowest BCUT2D eigenvalue weighted by molar-refractivity contribution is -0.274. The Bertz CT molecular complexity index is 956. The Kier molecular flexibility index (Phi) is 7.57. The Balaban J connectivity index is 1.42. The minimum Gasteiger partial charge on any atom is -0.406 e. The standard InChI is InChI=1S/C19H22F3N3O4S2/c20-19(21,22)29-16-1-3-17(4-2-16)31(27,28)23-7-5-18(26)25-10-8-24(9-11-25)13-15-6-12-30-14-15/h1-4,6,12,14,23H,5,7-11,13H2. The van der Waals surface area contributed by atoms with Gasteiger partial charge in [-0.1, -0.05) is 0 Å². The predicted octanol–water partition coefficient (Wildman–Crippen LogP) is 2.66. The first-order valence-electron chi connectivity index (χ1n) is 9.49. The van der Waals surface area contributed by atoms with Gasteiger partial charge in [-0.25, -0.2) is 13.1 Å². The molecule has 7 nitrogen and oxygen atoms in total. The van der Waals surface area contributed by atoms with Crippen LogP contribution in [-0.2, 0) is 21.4 Å². The van der Waals surface area contributed by atoms with E-state index in [1.54, 1.807) is 16.2 Å². The zero-order chi connectivity index (χ0) is 22.5. The highest BCUT2D eigenvalue weighted by molar-refractivity contribution is 7.89. The number of nitrogens with zero attached hydrogens (tertiary/aromatic N) is 2. The number of amides is 1. The molecule has 0 spiro atoms. The quantitative estimate of drug-likeness (QED) is 0.633. The number of thiophene rings is 1. The number of carbonyl (C=O) groups excluding carboxylic acids is 1. The first-order chi connectivity index (χ1) is 14.6. The van der Waals surface area contributed by atoms with E-state index in [0.29, 0.717) is 13.1 Å². The van der Waals surface area contributed by atoms with Crippen LogP contribution in [0.1, 0.15) is 12.0 Å². The molecule has 2 aromatic rings. The normalized spacial score (nSPS) is 15.8. The van der Waals surface area contributed by atoms with Crippen LogP contribution >= 0.6 is 11.3 Å². The molecule has 1 aliphatic rings. The van der Waals surface area contributed by atoms with Crippen molar-refractivity contribution in [3.63, 3.8) is 0 Å². The fourth-order valence-corrected chi connectivity index (χ4v) is 4.84. The second-order valence-electron chi connectivity index (χ2n) is 6.96. The van der Waals surface area contributed by atoms with E-state index in [4.69, 9.17) is 0 Å². The summed E-state index contributed by atoms with van der Waals surface area (Å²) >= 11 is 1.65. The van der Waals surface area contributed by atoms with Crippen LogP contribution in [0.25, 0.3) is 0 Å². The first-order valence-corrected chi connectivity index (χ1v) is 11.9. The molecule has 1 aromatic heterocycles. The third-order valence-corrected chi connectivity index (χ3v) is 6.92. The highest BCUT2D eigenvalue weighted by Gasteiger charge is 2.31. The van der Waals surface area contributed by atoms with Gasteiger partial charge in [-0.05, 0) is 46.7 Å². The van der Waals surface area contributed by atoms with E-state index in [0.717, 1.165) is 43.9 Å². The zero-order valence-electron chi connectivity index (χ0n) is 16.5. The van der Waals surface area contributed by atoms with Crippen molar-refractivity contribution < 1.29 is 31.1 Å². The Morgan fingerprint density at radius 1 is 1.10 bits per heavy atom. The summed E-state index contributed by atoms with van der Waals surface area (Å²) in [4.78, 5) is 16.1. The van der Waals surface area contributed by atoms with Crippen molar-refractivity contribution in [2.24, 2.45) is 0 Å². The van der Waals surface area contributed by atoms with Gasteiger partial charge in [0, 0.05) is 45.7 Å². The van der Waals surface area contributed by atoms with Crippen LogP contribution in [0.2, 0.25) is 0 Å². The van der Waals surface area contributed by atoms with Crippen LogP contribution in [0.5, 0.6) is 5.75 Å². The average Bonchev–Trinajstić information content (AvgIpc) is 3.20. The molecular weight excluding hydrogens is 455 g/mol. The van der Waals surface area contributed by atoms with Gasteiger partial charge in [0.05, 0.1) is 4.90 Å². The number of rotatable bonds is 8. The highest BCUT2D eigenvalue weighted by atomic mass is 32.2. The van der Waals surface area contributed by atoms with Gasteiger partial charge in [0.15, 0.2) is 0 Å². The lowest BCUT2D eigenvalue weighted by atomic mass is 10.2. The van der Waals surface area contributed by atoms with E-state index in [2.05, 4.69) is 25.8 Å². The van der Waals surface area contributed by atoms with Gasteiger partial charge in [-0.3, -0.25) is 9.69 Å². The Morgan fingerprint density at radius 2 is 1.77 bits per heavy atom. The summed E-state index contributed by atoms with van der Waals surface area (Å²) < 4.78 is 67.1. The van der Waals surface area contributed by atoms with Gasteiger partial charge in [0.25, 0.3) is 0 Å². The molecule has 12 heteroatoms. The summed E-state index contributed by atoms with van der Waals surface area (Å²) in [6.45, 7) is 3.40. The van der Waals surface area contributed by atoms with Crippen molar-refractivity contribution in [3.05, 3.63) is 46.7 Å². The lowest BCUT2D eigenvalue weighted by Gasteiger charge is -2.34. The number of piperazine rings is 1. The Hall–Kier alpha value is -2.15. The van der Waals surface area contributed by atoms with E-state index in [1.165, 1.54) is 5.56 Å². The maximum absolute atomic E-state index is 12.4. The SMILES string of the molecule is O=C(CCNS(=O)(=O)c1ccc(OC(F)(F)F)cc1)N1CCN(Cc2ccsc2)CC1. The largest absolute Gasteiger partial charge is 0.573 e. The molecule has 0 radical (unpaired) electrons. The molecule has 1 saturated heterocycles. The number of hydrogen-bond acceptors (Lipinski definition) is 6. The van der Waals surface area contributed by atoms with Crippen LogP contribution in [0.15, 0.2) is 46.0 Å². The molecule has 0 unspecified atom stereocenters. The van der Waals surface area contributed by atoms with E-state index in [9.17, 15) is 26.4 Å². The summed E-state index contributed by atoms with van der Waals surface area (Å²) in [5.74, 6) is -0.661. The van der Waals surface area contributed by atoms with Gasteiger partial charge >= 0.3 is 6.36 Å². The molecule has 0 atom stereocenters. The number of ether oxygens (including phenoxy) is 1. The molecule has 1 aromatic carbocycles. The van der Waals surface area contributed by atoms with Crippen LogP contribution in [0.3, 0.4) is 0 Å².